The van der Waals surface area contributed by atoms with Crippen LogP contribution in [-0.4, -0.2) is 16.9 Å². The van der Waals surface area contributed by atoms with Crippen molar-refractivity contribution in [3.05, 3.63) is 47.6 Å². The number of nitroso groups, excluding NO2 is 1. The van der Waals surface area contributed by atoms with Gasteiger partial charge in [0.15, 0.2) is 4.87 Å². The number of hydrogen-bond acceptors (Lipinski definition) is 4. The average Bonchev–Trinajstić information content (AvgIpc) is 2.40. The quantitative estimate of drug-likeness (QED) is 0.488. The molecule has 1 radical (unpaired) electrons. The molecule has 6 heteroatoms. The van der Waals surface area contributed by atoms with Gasteiger partial charge < -0.3 is 10.1 Å². The lowest BCUT2D eigenvalue weighted by Gasteiger charge is -2.06. The van der Waals surface area contributed by atoms with Crippen molar-refractivity contribution in [1.82, 2.24) is 4.98 Å². The summed E-state index contributed by atoms with van der Waals surface area (Å²) in [6.45, 7) is 0. The van der Waals surface area contributed by atoms with Crippen molar-refractivity contribution in [2.24, 2.45) is 5.84 Å². The molecule has 0 atom stereocenters. The zero-order valence-corrected chi connectivity index (χ0v) is 9.75. The summed E-state index contributed by atoms with van der Waals surface area (Å²) < 4.78 is 5.55. The van der Waals surface area contributed by atoms with E-state index in [9.17, 15) is 4.91 Å². The molecule has 2 aromatic rings. The highest BCUT2D eigenvalue weighted by atomic mass is 16.5. The molecule has 0 aliphatic carbocycles. The summed E-state index contributed by atoms with van der Waals surface area (Å²) in [4.78, 5) is 15.3. The van der Waals surface area contributed by atoms with Crippen LogP contribution in [0.3, 0.4) is 0 Å². The smallest absolute Gasteiger partial charge is 0.318 e. The Labute approximate surface area is 104 Å². The van der Waals surface area contributed by atoms with Gasteiger partial charge in [0, 0.05) is 19.3 Å². The van der Waals surface area contributed by atoms with E-state index in [0.29, 0.717) is 22.9 Å². The van der Waals surface area contributed by atoms with Crippen LogP contribution in [0.5, 0.6) is 11.5 Å². The topological polar surface area (TPSA) is 80.2 Å². The fourth-order valence-electron chi connectivity index (χ4n) is 1.47. The SMILES string of the molecule is CNc1ccc(Oc2c[c]ncc2)cc1[N+](N)=O. The molecular formula is C12H12N4O2+. The van der Waals surface area contributed by atoms with Crippen LogP contribution in [0.15, 0.2) is 36.5 Å². The van der Waals surface area contributed by atoms with Gasteiger partial charge in [0.2, 0.25) is 0 Å². The minimum atomic E-state index is 0.289. The second-order valence-corrected chi connectivity index (χ2v) is 3.48. The Morgan fingerprint density at radius 3 is 2.83 bits per heavy atom. The molecule has 1 aromatic heterocycles. The Balaban J connectivity index is 2.30. The number of benzene rings is 1. The predicted octanol–water partition coefficient (Wildman–Crippen LogP) is 2.00. The van der Waals surface area contributed by atoms with Crippen LogP contribution >= 0.6 is 0 Å². The molecule has 0 aliphatic rings. The van der Waals surface area contributed by atoms with E-state index in [1.165, 1.54) is 0 Å². The van der Waals surface area contributed by atoms with Gasteiger partial charge in [-0.15, -0.1) is 0 Å². The maximum atomic E-state index is 11.2. The lowest BCUT2D eigenvalue weighted by Crippen LogP contribution is -2.10. The highest BCUT2D eigenvalue weighted by Gasteiger charge is 2.16. The Morgan fingerprint density at radius 2 is 2.22 bits per heavy atom. The number of rotatable bonds is 4. The largest absolute Gasteiger partial charge is 0.457 e. The minimum Gasteiger partial charge on any atom is -0.457 e. The number of anilines is 1. The first-order valence-electron chi connectivity index (χ1n) is 5.24. The third-order valence-corrected chi connectivity index (χ3v) is 2.31. The van der Waals surface area contributed by atoms with Crippen LogP contribution in [0.4, 0.5) is 11.4 Å². The van der Waals surface area contributed by atoms with Crippen LogP contribution in [0, 0.1) is 11.1 Å². The third kappa shape index (κ3) is 2.54. The number of nitrogens with one attached hydrogen (secondary N) is 1. The van der Waals surface area contributed by atoms with Crippen molar-refractivity contribution in [1.29, 1.82) is 0 Å². The maximum Gasteiger partial charge on any atom is 0.318 e. The molecule has 2 rings (SSSR count). The molecule has 1 heterocycles. The molecule has 1 aromatic carbocycles. The average molecular weight is 244 g/mol. The Hall–Kier alpha value is -2.63. The van der Waals surface area contributed by atoms with Gasteiger partial charge in [-0.1, -0.05) is 0 Å². The normalized spacial score (nSPS) is 9.83. The van der Waals surface area contributed by atoms with Crippen molar-refractivity contribution in [3.63, 3.8) is 0 Å². The summed E-state index contributed by atoms with van der Waals surface area (Å²) >= 11 is 0. The fourth-order valence-corrected chi connectivity index (χ4v) is 1.47. The summed E-state index contributed by atoms with van der Waals surface area (Å²) in [5.74, 6) is 6.31. The van der Waals surface area contributed by atoms with Crippen molar-refractivity contribution in [3.8, 4) is 11.5 Å². The summed E-state index contributed by atoms with van der Waals surface area (Å²) in [7, 11) is 1.71. The van der Waals surface area contributed by atoms with Crippen molar-refractivity contribution in [2.45, 2.75) is 0 Å². The molecule has 91 valence electrons. The molecule has 0 aliphatic heterocycles. The van der Waals surface area contributed by atoms with E-state index in [1.54, 1.807) is 43.6 Å². The van der Waals surface area contributed by atoms with Crippen LogP contribution in [0.1, 0.15) is 0 Å². The summed E-state index contributed by atoms with van der Waals surface area (Å²) in [5.41, 5.74) is 0.925. The Morgan fingerprint density at radius 1 is 1.39 bits per heavy atom. The first-order chi connectivity index (χ1) is 8.70. The third-order valence-electron chi connectivity index (χ3n) is 2.31. The van der Waals surface area contributed by atoms with Gasteiger partial charge >= 0.3 is 5.69 Å². The predicted molar refractivity (Wildman–Crippen MR) is 66.6 cm³/mol. The van der Waals surface area contributed by atoms with E-state index < -0.39 is 0 Å². The van der Waals surface area contributed by atoms with Crippen molar-refractivity contribution < 1.29 is 9.61 Å². The number of nitrogens with two attached hydrogens (primary N) is 1. The molecule has 0 unspecified atom stereocenters. The monoisotopic (exact) mass is 244 g/mol. The zero-order valence-electron chi connectivity index (χ0n) is 9.75. The fraction of sp³-hybridized carbons (Fsp3) is 0.0833. The molecule has 0 saturated heterocycles. The number of ether oxygens (including phenoxy) is 1. The molecule has 0 bridgehead atoms. The molecule has 0 fully saturated rings. The summed E-state index contributed by atoms with van der Waals surface area (Å²) in [5, 5.41) is 2.87. The number of hydrogen-bond donors (Lipinski definition) is 2. The molecule has 0 spiro atoms. The highest BCUT2D eigenvalue weighted by Crippen LogP contribution is 2.30. The van der Waals surface area contributed by atoms with Gasteiger partial charge in [0.25, 0.3) is 0 Å². The van der Waals surface area contributed by atoms with Gasteiger partial charge in [0.1, 0.15) is 17.2 Å². The standard InChI is InChI=1S/C12H12N4O2/c1-14-11-3-2-10(8-12(11)16(13)17)18-9-4-6-15-7-5-9/h2-6,8,14H,1H3,(H2,13,17)/q+1. The summed E-state index contributed by atoms with van der Waals surface area (Å²) in [6, 6.07) is 8.30. The number of hydrazine groups is 1. The van der Waals surface area contributed by atoms with Crippen LogP contribution in [0.2, 0.25) is 0 Å². The number of nitrogens with zero attached hydrogens (tertiary/aromatic N) is 2. The molecular weight excluding hydrogens is 232 g/mol. The van der Waals surface area contributed by atoms with Gasteiger partial charge in [-0.2, -0.15) is 5.84 Å². The second-order valence-electron chi connectivity index (χ2n) is 3.48. The zero-order chi connectivity index (χ0) is 13.0. The lowest BCUT2D eigenvalue weighted by molar-refractivity contribution is -0.473. The van der Waals surface area contributed by atoms with Crippen LogP contribution < -0.4 is 15.9 Å². The molecule has 3 N–H and O–H groups in total. The van der Waals surface area contributed by atoms with Crippen LogP contribution in [-0.2, 0) is 0 Å². The van der Waals surface area contributed by atoms with E-state index in [4.69, 9.17) is 10.6 Å². The first-order valence-corrected chi connectivity index (χ1v) is 5.24. The lowest BCUT2D eigenvalue weighted by atomic mass is 10.2. The molecule has 0 amide bonds. The number of pyridine rings is 1. The number of aromatic nitrogens is 1. The highest BCUT2D eigenvalue weighted by molar-refractivity contribution is 5.63. The van der Waals surface area contributed by atoms with Crippen molar-refractivity contribution >= 4 is 11.4 Å². The second kappa shape index (κ2) is 5.13. The van der Waals surface area contributed by atoms with E-state index in [0.717, 1.165) is 0 Å². The molecule has 0 saturated carbocycles. The molecule has 6 nitrogen and oxygen atoms in total. The Kier molecular flexibility index (Phi) is 3.38. The van der Waals surface area contributed by atoms with E-state index in [2.05, 4.69) is 16.5 Å². The first kappa shape index (κ1) is 11.8. The van der Waals surface area contributed by atoms with Crippen LogP contribution in [0.25, 0.3) is 0 Å². The minimum absolute atomic E-state index is 0.289. The molecule has 18 heavy (non-hydrogen) atoms. The summed E-state index contributed by atoms with van der Waals surface area (Å²) in [6.07, 6.45) is 4.23. The Bertz CT molecular complexity index is 557. The van der Waals surface area contributed by atoms with Gasteiger partial charge in [-0.3, -0.25) is 4.98 Å². The van der Waals surface area contributed by atoms with Crippen molar-refractivity contribution in [2.75, 3.05) is 12.4 Å². The van der Waals surface area contributed by atoms with Gasteiger partial charge in [-0.05, 0) is 18.2 Å². The van der Waals surface area contributed by atoms with E-state index in [1.807, 2.05) is 0 Å². The van der Waals surface area contributed by atoms with Gasteiger partial charge in [-0.25, -0.2) is 0 Å². The van der Waals surface area contributed by atoms with E-state index >= 15 is 0 Å². The van der Waals surface area contributed by atoms with E-state index in [-0.39, 0.29) is 4.87 Å². The maximum absolute atomic E-state index is 11.2. The van der Waals surface area contributed by atoms with Gasteiger partial charge in [0.05, 0.1) is 17.2 Å².